The maximum atomic E-state index is 13.0. The van der Waals surface area contributed by atoms with Gasteiger partial charge in [0.25, 0.3) is 5.91 Å². The van der Waals surface area contributed by atoms with Crippen molar-refractivity contribution in [1.82, 2.24) is 9.88 Å². The summed E-state index contributed by atoms with van der Waals surface area (Å²) in [5.74, 6) is -0.633. The Kier molecular flexibility index (Phi) is 5.42. The molecule has 5 nitrogen and oxygen atoms in total. The van der Waals surface area contributed by atoms with Gasteiger partial charge in [-0.25, -0.2) is 0 Å². The topological polar surface area (TPSA) is 83.1 Å². The number of hydrogen-bond acceptors (Lipinski definition) is 4. The number of amides is 1. The maximum Gasteiger partial charge on any atom is 0.417 e. The third kappa shape index (κ3) is 3.87. The van der Waals surface area contributed by atoms with Gasteiger partial charge in [0, 0.05) is 35.8 Å². The highest BCUT2D eigenvalue weighted by atomic mass is 35.5. The molecule has 1 aromatic heterocycles. The average molecular weight is 409 g/mol. The normalized spacial score (nSPS) is 14.9. The minimum Gasteiger partial charge on any atom is -0.400 e. The zero-order chi connectivity index (χ0) is 20.5. The molecule has 9 heteroatoms. The first kappa shape index (κ1) is 19.9. The summed E-state index contributed by atoms with van der Waals surface area (Å²) in [5.41, 5.74) is 6.51. The largest absolute Gasteiger partial charge is 0.417 e. The number of carbonyl (C=O) groups is 1. The minimum atomic E-state index is -4.65. The summed E-state index contributed by atoms with van der Waals surface area (Å²) in [6, 6.07) is 6.67. The molecule has 0 radical (unpaired) electrons. The molecule has 0 saturated heterocycles. The first-order valence-corrected chi connectivity index (χ1v) is 8.69. The van der Waals surface area contributed by atoms with Crippen molar-refractivity contribution in [3.05, 3.63) is 75.7 Å². The molecule has 2 aromatic rings. The Morgan fingerprint density at radius 3 is 2.61 bits per heavy atom. The SMILES string of the molecule is N=C(C1=C(N)CN(C(=O)c2cccc(C(F)(F)F)c2Cl)CC1)c1cccnc1. The number of aromatic nitrogens is 1. The van der Waals surface area contributed by atoms with E-state index in [9.17, 15) is 18.0 Å². The summed E-state index contributed by atoms with van der Waals surface area (Å²) in [6.07, 6.45) is -1.21. The molecule has 0 fully saturated rings. The van der Waals surface area contributed by atoms with Crippen LogP contribution in [-0.2, 0) is 6.18 Å². The minimum absolute atomic E-state index is 0.00336. The van der Waals surface area contributed by atoms with Crippen molar-refractivity contribution in [2.45, 2.75) is 12.6 Å². The molecule has 0 spiro atoms. The van der Waals surface area contributed by atoms with E-state index in [4.69, 9.17) is 22.7 Å². The predicted molar refractivity (Wildman–Crippen MR) is 99.3 cm³/mol. The van der Waals surface area contributed by atoms with Crippen molar-refractivity contribution >= 4 is 23.2 Å². The maximum absolute atomic E-state index is 13.0. The first-order valence-electron chi connectivity index (χ1n) is 8.32. The molecule has 0 atom stereocenters. The van der Waals surface area contributed by atoms with E-state index >= 15 is 0 Å². The second-order valence-electron chi connectivity index (χ2n) is 6.26. The molecule has 3 rings (SSSR count). The van der Waals surface area contributed by atoms with E-state index in [0.29, 0.717) is 23.3 Å². The number of carbonyl (C=O) groups excluding carboxylic acids is 1. The highest BCUT2D eigenvalue weighted by Gasteiger charge is 2.35. The van der Waals surface area contributed by atoms with Crippen LogP contribution in [0.2, 0.25) is 5.02 Å². The lowest BCUT2D eigenvalue weighted by atomic mass is 9.96. The molecular weight excluding hydrogens is 393 g/mol. The summed E-state index contributed by atoms with van der Waals surface area (Å²) < 4.78 is 39.1. The van der Waals surface area contributed by atoms with Gasteiger partial charge in [-0.05, 0) is 30.7 Å². The number of alkyl halides is 3. The van der Waals surface area contributed by atoms with Gasteiger partial charge in [0.15, 0.2) is 0 Å². The first-order chi connectivity index (χ1) is 13.2. The number of nitrogens with zero attached hydrogens (tertiary/aromatic N) is 2. The van der Waals surface area contributed by atoms with Crippen molar-refractivity contribution in [3.63, 3.8) is 0 Å². The number of rotatable bonds is 3. The Balaban J connectivity index is 1.84. The van der Waals surface area contributed by atoms with Gasteiger partial charge in [-0.15, -0.1) is 0 Å². The van der Waals surface area contributed by atoms with Crippen LogP contribution in [0.25, 0.3) is 0 Å². The fraction of sp³-hybridized carbons (Fsp3) is 0.211. The predicted octanol–water partition coefficient (Wildman–Crippen LogP) is 3.88. The third-order valence-corrected chi connectivity index (χ3v) is 4.86. The van der Waals surface area contributed by atoms with Crippen LogP contribution in [0.3, 0.4) is 0 Å². The van der Waals surface area contributed by atoms with Crippen LogP contribution in [0.1, 0.15) is 27.9 Å². The van der Waals surface area contributed by atoms with Crippen LogP contribution < -0.4 is 5.73 Å². The van der Waals surface area contributed by atoms with Gasteiger partial charge in [0.2, 0.25) is 0 Å². The van der Waals surface area contributed by atoms with E-state index in [2.05, 4.69) is 4.98 Å². The van der Waals surface area contributed by atoms with Crippen LogP contribution in [0, 0.1) is 5.41 Å². The molecule has 0 bridgehead atoms. The molecule has 1 aromatic carbocycles. The zero-order valence-corrected chi connectivity index (χ0v) is 15.3. The van der Waals surface area contributed by atoms with Crippen LogP contribution in [0.15, 0.2) is 54.0 Å². The van der Waals surface area contributed by atoms with Gasteiger partial charge < -0.3 is 10.6 Å². The van der Waals surface area contributed by atoms with Gasteiger partial charge in [0.1, 0.15) is 0 Å². The Hall–Kier alpha value is -2.87. The summed E-state index contributed by atoms with van der Waals surface area (Å²) in [4.78, 5) is 18.0. The molecule has 2 heterocycles. The van der Waals surface area contributed by atoms with Gasteiger partial charge in [-0.3, -0.25) is 15.2 Å². The quantitative estimate of drug-likeness (QED) is 0.756. The summed E-state index contributed by atoms with van der Waals surface area (Å²) in [6.45, 7) is 0.216. The Labute approximate surface area is 164 Å². The number of benzene rings is 1. The summed E-state index contributed by atoms with van der Waals surface area (Å²) >= 11 is 5.85. The second kappa shape index (κ2) is 7.63. The summed E-state index contributed by atoms with van der Waals surface area (Å²) in [5, 5.41) is 7.67. The lowest BCUT2D eigenvalue weighted by Crippen LogP contribution is -2.40. The summed E-state index contributed by atoms with van der Waals surface area (Å²) in [7, 11) is 0. The van der Waals surface area contributed by atoms with Crippen molar-refractivity contribution in [3.8, 4) is 0 Å². The molecule has 0 saturated carbocycles. The lowest BCUT2D eigenvalue weighted by Gasteiger charge is -2.30. The number of hydrogen-bond donors (Lipinski definition) is 2. The highest BCUT2D eigenvalue weighted by Crippen LogP contribution is 2.36. The second-order valence-corrected chi connectivity index (χ2v) is 6.64. The highest BCUT2D eigenvalue weighted by molar-refractivity contribution is 6.34. The fourth-order valence-corrected chi connectivity index (χ4v) is 3.33. The van der Waals surface area contributed by atoms with Crippen molar-refractivity contribution in [2.75, 3.05) is 13.1 Å². The smallest absolute Gasteiger partial charge is 0.400 e. The number of nitrogens with two attached hydrogens (primary N) is 1. The van der Waals surface area contributed by atoms with Crippen molar-refractivity contribution in [1.29, 1.82) is 5.41 Å². The Bertz CT molecular complexity index is 957. The molecule has 1 amide bonds. The number of halogens is 4. The van der Waals surface area contributed by atoms with E-state index in [1.807, 2.05) is 0 Å². The van der Waals surface area contributed by atoms with Crippen LogP contribution in [-0.4, -0.2) is 34.6 Å². The van der Waals surface area contributed by atoms with Gasteiger partial charge in [-0.1, -0.05) is 17.7 Å². The van der Waals surface area contributed by atoms with E-state index in [-0.39, 0.29) is 24.4 Å². The van der Waals surface area contributed by atoms with Gasteiger partial charge in [-0.2, -0.15) is 13.2 Å². The molecule has 146 valence electrons. The Morgan fingerprint density at radius 2 is 2.00 bits per heavy atom. The number of pyridine rings is 1. The molecule has 28 heavy (non-hydrogen) atoms. The monoisotopic (exact) mass is 408 g/mol. The molecule has 1 aliphatic heterocycles. The molecule has 1 aliphatic rings. The standard InChI is InChI=1S/C19H16ClF3N4O/c20-16-13(4-1-5-14(16)19(21,22)23)18(28)27-8-6-12(15(24)10-27)17(25)11-3-2-7-26-9-11/h1-5,7,9,25H,6,8,10,24H2. The lowest BCUT2D eigenvalue weighted by molar-refractivity contribution is -0.137. The van der Waals surface area contributed by atoms with Crippen LogP contribution in [0.5, 0.6) is 0 Å². The van der Waals surface area contributed by atoms with E-state index in [1.54, 1.807) is 24.5 Å². The average Bonchev–Trinajstić information content (AvgIpc) is 2.67. The molecule has 3 N–H and O–H groups in total. The molecule has 0 unspecified atom stereocenters. The number of nitrogens with one attached hydrogen (secondary N) is 1. The van der Waals surface area contributed by atoms with Gasteiger partial charge in [0.05, 0.1) is 28.4 Å². The molecular formula is C19H16ClF3N4O. The Morgan fingerprint density at radius 1 is 1.25 bits per heavy atom. The van der Waals surface area contributed by atoms with Crippen molar-refractivity contribution in [2.24, 2.45) is 5.73 Å². The van der Waals surface area contributed by atoms with Crippen LogP contribution >= 0.6 is 11.6 Å². The third-order valence-electron chi connectivity index (χ3n) is 4.45. The van der Waals surface area contributed by atoms with E-state index in [1.165, 1.54) is 11.0 Å². The van der Waals surface area contributed by atoms with Gasteiger partial charge >= 0.3 is 6.18 Å². The fourth-order valence-electron chi connectivity index (χ4n) is 3.02. The van der Waals surface area contributed by atoms with Crippen LogP contribution in [0.4, 0.5) is 13.2 Å². The van der Waals surface area contributed by atoms with Crippen molar-refractivity contribution < 1.29 is 18.0 Å². The van der Waals surface area contributed by atoms with E-state index in [0.717, 1.165) is 12.1 Å². The van der Waals surface area contributed by atoms with E-state index < -0.39 is 22.7 Å². The molecule has 0 aliphatic carbocycles. The zero-order valence-electron chi connectivity index (χ0n) is 14.6.